The summed E-state index contributed by atoms with van der Waals surface area (Å²) in [6, 6.07) is 20.4. The summed E-state index contributed by atoms with van der Waals surface area (Å²) in [5, 5.41) is 0. The van der Waals surface area contributed by atoms with E-state index in [0.29, 0.717) is 0 Å². The average molecular weight is 294 g/mol. The summed E-state index contributed by atoms with van der Waals surface area (Å²) in [5.74, 6) is -0.239. The zero-order chi connectivity index (χ0) is 16.0. The van der Waals surface area contributed by atoms with E-state index < -0.39 is 5.60 Å². The van der Waals surface area contributed by atoms with Gasteiger partial charge in [0.25, 0.3) is 0 Å². The Morgan fingerprint density at radius 2 is 1.27 bits per heavy atom. The number of carbonyl (C=O) groups excluding carboxylic acids is 1. The van der Waals surface area contributed by atoms with Crippen molar-refractivity contribution in [1.82, 2.24) is 0 Å². The summed E-state index contributed by atoms with van der Waals surface area (Å²) in [5.41, 5.74) is 1.18. The molecule has 22 heavy (non-hydrogen) atoms. The van der Waals surface area contributed by atoms with Crippen LogP contribution in [0.3, 0.4) is 0 Å². The van der Waals surface area contributed by atoms with Gasteiger partial charge in [-0.2, -0.15) is 0 Å². The molecule has 0 unspecified atom stereocenters. The van der Waals surface area contributed by atoms with Crippen LogP contribution in [0.25, 0.3) is 0 Å². The number of esters is 1. The second kappa shape index (κ2) is 4.70. The van der Waals surface area contributed by atoms with Crippen LogP contribution >= 0.6 is 0 Å². The molecule has 0 amide bonds. The van der Waals surface area contributed by atoms with Crippen molar-refractivity contribution in [2.75, 3.05) is 0 Å². The van der Waals surface area contributed by atoms with Crippen LogP contribution in [0.4, 0.5) is 0 Å². The van der Waals surface area contributed by atoms with Crippen LogP contribution in [0.5, 0.6) is 0 Å². The molecule has 0 N–H and O–H groups in total. The molecule has 0 aliphatic heterocycles. The number of hydrogen-bond acceptors (Lipinski definition) is 2. The fourth-order valence-corrected chi connectivity index (χ4v) is 4.21. The molecule has 0 bridgehead atoms. The molecule has 1 aliphatic carbocycles. The van der Waals surface area contributed by atoms with Crippen LogP contribution in [-0.4, -0.2) is 5.97 Å². The van der Waals surface area contributed by atoms with E-state index in [0.717, 1.165) is 5.56 Å². The molecule has 0 spiro atoms. The molecule has 2 aromatic carbocycles. The summed E-state index contributed by atoms with van der Waals surface area (Å²) in [6.07, 6.45) is 0. The third-order valence-electron chi connectivity index (χ3n) is 5.60. The molecule has 1 fully saturated rings. The Bertz CT molecular complexity index is 690. The number of benzene rings is 2. The first-order chi connectivity index (χ1) is 10.4. The fourth-order valence-electron chi connectivity index (χ4n) is 4.21. The Balaban J connectivity index is 2.21. The maximum Gasteiger partial charge on any atom is 0.303 e. The molecule has 0 heterocycles. The van der Waals surface area contributed by atoms with Crippen LogP contribution in [0.1, 0.15) is 38.8 Å². The number of hydrogen-bond donors (Lipinski definition) is 0. The lowest BCUT2D eigenvalue weighted by atomic mass is 9.88. The molecule has 2 heteroatoms. The lowest BCUT2D eigenvalue weighted by molar-refractivity contribution is -0.152. The number of carbonyl (C=O) groups is 1. The highest BCUT2D eigenvalue weighted by Crippen LogP contribution is 2.78. The third kappa shape index (κ3) is 1.64. The van der Waals surface area contributed by atoms with E-state index in [4.69, 9.17) is 4.74 Å². The van der Waals surface area contributed by atoms with E-state index in [1.807, 2.05) is 36.4 Å². The second-order valence-electron chi connectivity index (χ2n) is 6.76. The van der Waals surface area contributed by atoms with Crippen molar-refractivity contribution in [3.05, 3.63) is 71.8 Å². The number of ether oxygens (including phenoxy) is 1. The lowest BCUT2D eigenvalue weighted by Crippen LogP contribution is -2.26. The van der Waals surface area contributed by atoms with Crippen molar-refractivity contribution in [2.24, 2.45) is 5.41 Å². The molecule has 0 radical (unpaired) electrons. The minimum atomic E-state index is -0.631. The van der Waals surface area contributed by atoms with Gasteiger partial charge in [0.1, 0.15) is 0 Å². The van der Waals surface area contributed by atoms with Crippen LogP contribution in [-0.2, 0) is 20.5 Å². The maximum absolute atomic E-state index is 11.9. The van der Waals surface area contributed by atoms with Crippen molar-refractivity contribution in [2.45, 2.75) is 38.7 Å². The van der Waals surface area contributed by atoms with Crippen molar-refractivity contribution in [3.63, 3.8) is 0 Å². The van der Waals surface area contributed by atoms with Gasteiger partial charge in [-0.05, 0) is 11.1 Å². The summed E-state index contributed by atoms with van der Waals surface area (Å²) in [4.78, 5) is 11.9. The normalized spacial score (nSPS) is 28.9. The van der Waals surface area contributed by atoms with Crippen LogP contribution in [0.15, 0.2) is 60.7 Å². The van der Waals surface area contributed by atoms with E-state index in [1.165, 1.54) is 12.5 Å². The molecular formula is C20H22O2. The van der Waals surface area contributed by atoms with Crippen molar-refractivity contribution < 1.29 is 9.53 Å². The summed E-state index contributed by atoms with van der Waals surface area (Å²) >= 11 is 0. The average Bonchev–Trinajstić information content (AvgIpc) is 2.91. The highest BCUT2D eigenvalue weighted by Gasteiger charge is 2.84. The first-order valence-corrected chi connectivity index (χ1v) is 7.68. The molecule has 2 nitrogen and oxygen atoms in total. The van der Waals surface area contributed by atoms with Crippen molar-refractivity contribution in [1.29, 1.82) is 0 Å². The van der Waals surface area contributed by atoms with Crippen molar-refractivity contribution in [3.8, 4) is 0 Å². The molecule has 1 saturated carbocycles. The maximum atomic E-state index is 11.9. The van der Waals surface area contributed by atoms with Crippen LogP contribution < -0.4 is 0 Å². The molecule has 2 aromatic rings. The topological polar surface area (TPSA) is 26.3 Å². The summed E-state index contributed by atoms with van der Waals surface area (Å²) in [7, 11) is 0. The van der Waals surface area contributed by atoms with E-state index in [9.17, 15) is 4.79 Å². The van der Waals surface area contributed by atoms with Gasteiger partial charge in [-0.15, -0.1) is 0 Å². The Kier molecular flexibility index (Phi) is 3.17. The Morgan fingerprint density at radius 1 is 0.818 bits per heavy atom. The Hall–Kier alpha value is -2.09. The molecule has 0 aromatic heterocycles. The zero-order valence-electron chi connectivity index (χ0n) is 13.6. The highest BCUT2D eigenvalue weighted by molar-refractivity contribution is 5.69. The van der Waals surface area contributed by atoms with Gasteiger partial charge in [-0.3, -0.25) is 4.79 Å². The molecule has 114 valence electrons. The van der Waals surface area contributed by atoms with Crippen LogP contribution in [0.2, 0.25) is 0 Å². The van der Waals surface area contributed by atoms with Gasteiger partial charge >= 0.3 is 5.97 Å². The van der Waals surface area contributed by atoms with Gasteiger partial charge in [0, 0.05) is 17.8 Å². The molecule has 1 aliphatic rings. The SMILES string of the molecule is CC(=O)O[C@@]1(c2ccccc2)C(C)(C)[C@@]1(C)c1ccccc1. The smallest absolute Gasteiger partial charge is 0.303 e. The standard InChI is InChI=1S/C20H22O2/c1-15(21)22-20(17-13-9-6-10-14-17)18(2,3)19(20,4)16-11-7-5-8-12-16/h5-14H,1-4H3/t19-,20+/m1/s1. The third-order valence-corrected chi connectivity index (χ3v) is 5.60. The summed E-state index contributed by atoms with van der Waals surface area (Å²) < 4.78 is 5.98. The predicted octanol–water partition coefficient (Wildman–Crippen LogP) is 4.44. The first-order valence-electron chi connectivity index (χ1n) is 7.68. The van der Waals surface area contributed by atoms with Gasteiger partial charge < -0.3 is 4.74 Å². The minimum absolute atomic E-state index is 0.186. The number of rotatable bonds is 3. The first kappa shape index (κ1) is 14.8. The zero-order valence-corrected chi connectivity index (χ0v) is 13.6. The van der Waals surface area contributed by atoms with E-state index in [-0.39, 0.29) is 16.8 Å². The van der Waals surface area contributed by atoms with E-state index in [1.54, 1.807) is 0 Å². The fraction of sp³-hybridized carbons (Fsp3) is 0.350. The molecular weight excluding hydrogens is 272 g/mol. The van der Waals surface area contributed by atoms with Gasteiger partial charge in [-0.25, -0.2) is 0 Å². The molecule has 0 saturated heterocycles. The van der Waals surface area contributed by atoms with Gasteiger partial charge in [0.2, 0.25) is 0 Å². The molecule has 2 atom stereocenters. The Labute approximate surface area is 132 Å². The van der Waals surface area contributed by atoms with Gasteiger partial charge in [-0.1, -0.05) is 81.4 Å². The molecule has 3 rings (SSSR count). The van der Waals surface area contributed by atoms with Gasteiger partial charge in [0.05, 0.1) is 0 Å². The monoisotopic (exact) mass is 294 g/mol. The Morgan fingerprint density at radius 3 is 1.73 bits per heavy atom. The van der Waals surface area contributed by atoms with Crippen LogP contribution in [0, 0.1) is 5.41 Å². The minimum Gasteiger partial charge on any atom is -0.453 e. The van der Waals surface area contributed by atoms with E-state index in [2.05, 4.69) is 45.0 Å². The predicted molar refractivity (Wildman–Crippen MR) is 87.5 cm³/mol. The van der Waals surface area contributed by atoms with Gasteiger partial charge in [0.15, 0.2) is 5.60 Å². The van der Waals surface area contributed by atoms with Crippen molar-refractivity contribution >= 4 is 5.97 Å². The van der Waals surface area contributed by atoms with E-state index >= 15 is 0 Å². The largest absolute Gasteiger partial charge is 0.453 e. The quantitative estimate of drug-likeness (QED) is 0.782. The highest BCUT2D eigenvalue weighted by atomic mass is 16.6. The lowest BCUT2D eigenvalue weighted by Gasteiger charge is -2.24. The summed E-state index contributed by atoms with van der Waals surface area (Å²) in [6.45, 7) is 8.04. The second-order valence-corrected chi connectivity index (χ2v) is 6.76.